The lowest BCUT2D eigenvalue weighted by Crippen LogP contribution is -2.20. The second kappa shape index (κ2) is 7.36. The number of aromatic nitrogens is 2. The Balaban J connectivity index is 1.71. The van der Waals surface area contributed by atoms with Gasteiger partial charge in [-0.15, -0.1) is 0 Å². The van der Waals surface area contributed by atoms with Gasteiger partial charge in [0.1, 0.15) is 17.3 Å². The predicted molar refractivity (Wildman–Crippen MR) is 93.4 cm³/mol. The van der Waals surface area contributed by atoms with Crippen molar-refractivity contribution in [2.24, 2.45) is 0 Å². The zero-order chi connectivity index (χ0) is 17.8. The highest BCUT2D eigenvalue weighted by Gasteiger charge is 2.14. The lowest BCUT2D eigenvalue weighted by molar-refractivity contribution is 0.100. The second-order valence-corrected chi connectivity index (χ2v) is 5.82. The molecule has 0 atom stereocenters. The highest BCUT2D eigenvalue weighted by Crippen LogP contribution is 2.18. The minimum atomic E-state index is -0.498. The molecule has 0 aliphatic heterocycles. The first-order valence-electron chi connectivity index (χ1n) is 7.50. The molecular formula is C18H15ClFN3O2. The van der Waals surface area contributed by atoms with Crippen LogP contribution in [0, 0.1) is 12.7 Å². The molecule has 3 aromatic rings. The molecule has 0 radical (unpaired) electrons. The summed E-state index contributed by atoms with van der Waals surface area (Å²) in [6.07, 6.45) is 1.48. The van der Waals surface area contributed by atoms with Crippen LogP contribution < -0.4 is 10.1 Å². The Morgan fingerprint density at radius 3 is 2.76 bits per heavy atom. The van der Waals surface area contributed by atoms with Crippen LogP contribution in [-0.2, 0) is 6.73 Å². The number of carbonyl (C=O) groups excluding carboxylic acids is 1. The molecule has 0 fully saturated rings. The van der Waals surface area contributed by atoms with E-state index in [2.05, 4.69) is 10.4 Å². The van der Waals surface area contributed by atoms with E-state index in [9.17, 15) is 9.18 Å². The molecule has 0 bridgehead atoms. The fourth-order valence-corrected chi connectivity index (χ4v) is 2.34. The van der Waals surface area contributed by atoms with Gasteiger partial charge in [-0.2, -0.15) is 5.10 Å². The number of aryl methyl sites for hydroxylation is 1. The number of rotatable bonds is 5. The zero-order valence-corrected chi connectivity index (χ0v) is 14.1. The maximum atomic E-state index is 13.8. The van der Waals surface area contributed by atoms with Crippen LogP contribution in [0.25, 0.3) is 0 Å². The monoisotopic (exact) mass is 359 g/mol. The summed E-state index contributed by atoms with van der Waals surface area (Å²) in [5, 5.41) is 7.22. The van der Waals surface area contributed by atoms with Crippen LogP contribution >= 0.6 is 11.6 Å². The number of carbonyl (C=O) groups is 1. The van der Waals surface area contributed by atoms with Crippen LogP contribution in [0.3, 0.4) is 0 Å². The van der Waals surface area contributed by atoms with Gasteiger partial charge < -0.3 is 10.1 Å². The van der Waals surface area contributed by atoms with E-state index >= 15 is 0 Å². The molecule has 1 N–H and O–H groups in total. The average molecular weight is 360 g/mol. The first-order chi connectivity index (χ1) is 12.0. The lowest BCUT2D eigenvalue weighted by Gasteiger charge is -2.11. The third-order valence-corrected chi connectivity index (χ3v) is 3.74. The summed E-state index contributed by atoms with van der Waals surface area (Å²) < 4.78 is 20.8. The Bertz CT molecular complexity index is 894. The van der Waals surface area contributed by atoms with Crippen molar-refractivity contribution in [1.29, 1.82) is 0 Å². The summed E-state index contributed by atoms with van der Waals surface area (Å²) >= 11 is 5.82. The van der Waals surface area contributed by atoms with Crippen molar-refractivity contribution in [3.05, 3.63) is 76.8 Å². The minimum absolute atomic E-state index is 0.0354. The van der Waals surface area contributed by atoms with Crippen LogP contribution in [0.15, 0.2) is 54.7 Å². The van der Waals surface area contributed by atoms with Gasteiger partial charge in [-0.25, -0.2) is 9.07 Å². The van der Waals surface area contributed by atoms with E-state index in [0.717, 1.165) is 5.56 Å². The molecular weight excluding hydrogens is 345 g/mol. The summed E-state index contributed by atoms with van der Waals surface area (Å²) in [6, 6.07) is 12.9. The molecule has 0 saturated carbocycles. The molecule has 0 aliphatic rings. The summed E-state index contributed by atoms with van der Waals surface area (Å²) in [4.78, 5) is 12.4. The smallest absolute Gasteiger partial charge is 0.274 e. The van der Waals surface area contributed by atoms with Crippen molar-refractivity contribution in [2.75, 3.05) is 5.32 Å². The molecule has 5 nitrogen and oxygen atoms in total. The molecule has 0 aliphatic carbocycles. The standard InChI is InChI=1S/C18H15ClFN3O2/c1-12-2-7-15(20)16(10-12)22-18(24)17-8-9-21-23(17)11-25-14-5-3-13(19)4-6-14/h2-10H,11H2,1H3,(H,22,24). The molecule has 128 valence electrons. The SMILES string of the molecule is Cc1ccc(F)c(NC(=O)c2ccnn2COc2ccc(Cl)cc2)c1. The average Bonchev–Trinajstić information content (AvgIpc) is 3.06. The number of benzene rings is 2. The largest absolute Gasteiger partial charge is 0.471 e. The number of hydrogen-bond acceptors (Lipinski definition) is 3. The van der Waals surface area contributed by atoms with E-state index in [1.165, 1.54) is 23.0 Å². The number of halogens is 2. The van der Waals surface area contributed by atoms with E-state index in [0.29, 0.717) is 10.8 Å². The lowest BCUT2D eigenvalue weighted by atomic mass is 10.2. The molecule has 7 heteroatoms. The van der Waals surface area contributed by atoms with E-state index in [-0.39, 0.29) is 18.1 Å². The Morgan fingerprint density at radius 2 is 2.00 bits per heavy atom. The highest BCUT2D eigenvalue weighted by atomic mass is 35.5. The van der Waals surface area contributed by atoms with Crippen molar-refractivity contribution < 1.29 is 13.9 Å². The number of nitrogens with zero attached hydrogens (tertiary/aromatic N) is 2. The molecule has 0 spiro atoms. The fraction of sp³-hybridized carbons (Fsp3) is 0.111. The second-order valence-electron chi connectivity index (χ2n) is 5.38. The Morgan fingerprint density at radius 1 is 1.24 bits per heavy atom. The summed E-state index contributed by atoms with van der Waals surface area (Å²) in [6.45, 7) is 1.85. The van der Waals surface area contributed by atoms with Crippen LogP contribution in [0.4, 0.5) is 10.1 Å². The molecule has 0 unspecified atom stereocenters. The van der Waals surface area contributed by atoms with Gasteiger partial charge in [-0.3, -0.25) is 4.79 Å². The Hall–Kier alpha value is -2.86. The summed E-state index contributed by atoms with van der Waals surface area (Å²) in [5.41, 5.74) is 1.22. The van der Waals surface area contributed by atoms with Gasteiger partial charge in [0, 0.05) is 11.2 Å². The van der Waals surface area contributed by atoms with E-state index in [1.807, 2.05) is 6.92 Å². The third-order valence-electron chi connectivity index (χ3n) is 3.49. The molecule has 25 heavy (non-hydrogen) atoms. The molecule has 1 heterocycles. The third kappa shape index (κ3) is 4.16. The fourth-order valence-electron chi connectivity index (χ4n) is 2.22. The topological polar surface area (TPSA) is 56.2 Å². The van der Waals surface area contributed by atoms with E-state index in [1.54, 1.807) is 36.4 Å². The van der Waals surface area contributed by atoms with Crippen LogP contribution in [0.2, 0.25) is 5.02 Å². The van der Waals surface area contributed by atoms with Crippen molar-refractivity contribution in [3.8, 4) is 5.75 Å². The Kier molecular flexibility index (Phi) is 5.00. The van der Waals surface area contributed by atoms with Gasteiger partial charge in [-0.05, 0) is 55.0 Å². The number of amides is 1. The van der Waals surface area contributed by atoms with Gasteiger partial charge >= 0.3 is 0 Å². The summed E-state index contributed by atoms with van der Waals surface area (Å²) in [7, 11) is 0. The first-order valence-corrected chi connectivity index (χ1v) is 7.88. The van der Waals surface area contributed by atoms with Gasteiger partial charge in [0.05, 0.1) is 5.69 Å². The quantitative estimate of drug-likeness (QED) is 0.740. The van der Waals surface area contributed by atoms with Crippen molar-refractivity contribution in [1.82, 2.24) is 9.78 Å². The van der Waals surface area contributed by atoms with Crippen molar-refractivity contribution >= 4 is 23.2 Å². The molecule has 0 saturated heterocycles. The zero-order valence-electron chi connectivity index (χ0n) is 13.4. The summed E-state index contributed by atoms with van der Waals surface area (Å²) in [5.74, 6) is -0.375. The molecule has 1 amide bonds. The van der Waals surface area contributed by atoms with Gasteiger partial charge in [0.2, 0.25) is 0 Å². The first kappa shape index (κ1) is 17.0. The normalized spacial score (nSPS) is 10.5. The number of nitrogens with one attached hydrogen (secondary N) is 1. The minimum Gasteiger partial charge on any atom is -0.471 e. The van der Waals surface area contributed by atoms with Crippen molar-refractivity contribution in [2.45, 2.75) is 13.7 Å². The number of hydrogen-bond donors (Lipinski definition) is 1. The van der Waals surface area contributed by atoms with Gasteiger partial charge in [-0.1, -0.05) is 17.7 Å². The maximum absolute atomic E-state index is 13.8. The molecule has 2 aromatic carbocycles. The maximum Gasteiger partial charge on any atom is 0.274 e. The van der Waals surface area contributed by atoms with Gasteiger partial charge in [0.15, 0.2) is 6.73 Å². The van der Waals surface area contributed by atoms with E-state index < -0.39 is 11.7 Å². The predicted octanol–water partition coefficient (Wildman–Crippen LogP) is 4.27. The molecule has 1 aromatic heterocycles. The number of anilines is 1. The number of ether oxygens (including phenoxy) is 1. The van der Waals surface area contributed by atoms with E-state index in [4.69, 9.17) is 16.3 Å². The van der Waals surface area contributed by atoms with Crippen LogP contribution in [0.1, 0.15) is 16.1 Å². The van der Waals surface area contributed by atoms with Gasteiger partial charge in [0.25, 0.3) is 5.91 Å². The van der Waals surface area contributed by atoms with Crippen LogP contribution in [0.5, 0.6) is 5.75 Å². The van der Waals surface area contributed by atoms with Crippen molar-refractivity contribution in [3.63, 3.8) is 0 Å². The van der Waals surface area contributed by atoms with Crippen LogP contribution in [-0.4, -0.2) is 15.7 Å². The highest BCUT2D eigenvalue weighted by molar-refractivity contribution is 6.30. The molecule has 3 rings (SSSR count). The Labute approximate surface area is 149 Å².